The van der Waals surface area contributed by atoms with Crippen molar-refractivity contribution in [1.29, 1.82) is 0 Å². The van der Waals surface area contributed by atoms with E-state index < -0.39 is 11.5 Å². The SMILES string of the molecule is CCN(CC)C(=O)C1(NCC(=O)O)CCCCC1. The fourth-order valence-corrected chi connectivity index (χ4v) is 2.68. The zero-order valence-corrected chi connectivity index (χ0v) is 11.4. The van der Waals surface area contributed by atoms with Crippen molar-refractivity contribution in [3.8, 4) is 0 Å². The second-order valence-electron chi connectivity index (χ2n) is 4.87. The van der Waals surface area contributed by atoms with Crippen molar-refractivity contribution in [2.24, 2.45) is 0 Å². The Labute approximate surface area is 109 Å². The zero-order chi connectivity index (χ0) is 13.6. The minimum absolute atomic E-state index is 0.0634. The van der Waals surface area contributed by atoms with Gasteiger partial charge < -0.3 is 10.0 Å². The molecule has 1 amide bonds. The van der Waals surface area contributed by atoms with Gasteiger partial charge in [-0.3, -0.25) is 14.9 Å². The number of nitrogens with zero attached hydrogens (tertiary/aromatic N) is 1. The number of aliphatic carboxylic acids is 1. The van der Waals surface area contributed by atoms with Gasteiger partial charge in [-0.2, -0.15) is 0 Å². The molecule has 0 aromatic rings. The fraction of sp³-hybridized carbons (Fsp3) is 0.846. The molecular formula is C13H24N2O3. The topological polar surface area (TPSA) is 69.6 Å². The summed E-state index contributed by atoms with van der Waals surface area (Å²) >= 11 is 0. The summed E-state index contributed by atoms with van der Waals surface area (Å²) in [6.45, 7) is 5.11. The highest BCUT2D eigenvalue weighted by atomic mass is 16.4. The average Bonchev–Trinajstić information content (AvgIpc) is 2.39. The van der Waals surface area contributed by atoms with Crippen LogP contribution >= 0.6 is 0 Å². The molecule has 1 aliphatic rings. The van der Waals surface area contributed by atoms with Gasteiger partial charge in [-0.05, 0) is 26.7 Å². The molecule has 18 heavy (non-hydrogen) atoms. The van der Waals surface area contributed by atoms with Crippen LogP contribution in [0.1, 0.15) is 46.0 Å². The number of likely N-dealkylation sites (N-methyl/N-ethyl adjacent to an activating group) is 1. The van der Waals surface area contributed by atoms with Crippen molar-refractivity contribution in [1.82, 2.24) is 10.2 Å². The quantitative estimate of drug-likeness (QED) is 0.750. The number of carbonyl (C=O) groups excluding carboxylic acids is 1. The van der Waals surface area contributed by atoms with Crippen LogP contribution in [-0.4, -0.2) is 47.1 Å². The summed E-state index contributed by atoms with van der Waals surface area (Å²) in [5.74, 6) is -0.847. The second kappa shape index (κ2) is 6.73. The first-order valence-corrected chi connectivity index (χ1v) is 6.82. The highest BCUT2D eigenvalue weighted by Gasteiger charge is 2.41. The highest BCUT2D eigenvalue weighted by molar-refractivity contribution is 5.87. The van der Waals surface area contributed by atoms with Gasteiger partial charge in [0.05, 0.1) is 12.1 Å². The summed E-state index contributed by atoms with van der Waals surface area (Å²) < 4.78 is 0. The van der Waals surface area contributed by atoms with Crippen LogP contribution in [0.2, 0.25) is 0 Å². The molecule has 104 valence electrons. The minimum atomic E-state index is -0.910. The minimum Gasteiger partial charge on any atom is -0.480 e. The Bertz CT molecular complexity index is 295. The van der Waals surface area contributed by atoms with Gasteiger partial charge in [-0.1, -0.05) is 19.3 Å². The van der Waals surface area contributed by atoms with Crippen LogP contribution in [-0.2, 0) is 9.59 Å². The van der Waals surface area contributed by atoms with Gasteiger partial charge in [-0.25, -0.2) is 0 Å². The summed E-state index contributed by atoms with van der Waals surface area (Å²) in [7, 11) is 0. The van der Waals surface area contributed by atoms with Gasteiger partial charge in [0.2, 0.25) is 5.91 Å². The maximum atomic E-state index is 12.6. The maximum Gasteiger partial charge on any atom is 0.317 e. The largest absolute Gasteiger partial charge is 0.480 e. The molecule has 5 heteroatoms. The molecule has 1 aliphatic carbocycles. The van der Waals surface area contributed by atoms with Gasteiger partial charge in [0.1, 0.15) is 0 Å². The summed E-state index contributed by atoms with van der Waals surface area (Å²) in [5.41, 5.74) is -0.650. The van der Waals surface area contributed by atoms with Gasteiger partial charge in [0, 0.05) is 13.1 Å². The molecule has 0 unspecified atom stereocenters. The molecule has 0 saturated heterocycles. The first-order chi connectivity index (χ1) is 8.55. The molecule has 2 N–H and O–H groups in total. The number of hydrogen-bond donors (Lipinski definition) is 2. The Morgan fingerprint density at radius 3 is 2.17 bits per heavy atom. The second-order valence-corrected chi connectivity index (χ2v) is 4.87. The monoisotopic (exact) mass is 256 g/mol. The van der Waals surface area contributed by atoms with Crippen molar-refractivity contribution in [2.45, 2.75) is 51.5 Å². The molecule has 0 atom stereocenters. The van der Waals surface area contributed by atoms with E-state index in [4.69, 9.17) is 5.11 Å². The lowest BCUT2D eigenvalue weighted by Crippen LogP contribution is -2.59. The molecule has 0 aliphatic heterocycles. The van der Waals surface area contributed by atoms with E-state index in [0.717, 1.165) is 32.1 Å². The van der Waals surface area contributed by atoms with Crippen LogP contribution in [0.3, 0.4) is 0 Å². The number of hydrogen-bond acceptors (Lipinski definition) is 3. The van der Waals surface area contributed by atoms with E-state index in [1.54, 1.807) is 4.90 Å². The predicted octanol–water partition coefficient (Wildman–Crippen LogP) is 1.23. The molecule has 5 nitrogen and oxygen atoms in total. The van der Waals surface area contributed by atoms with Crippen LogP contribution in [0.4, 0.5) is 0 Å². The van der Waals surface area contributed by atoms with E-state index >= 15 is 0 Å². The zero-order valence-electron chi connectivity index (χ0n) is 11.4. The van der Waals surface area contributed by atoms with Crippen LogP contribution in [0.5, 0.6) is 0 Å². The van der Waals surface area contributed by atoms with E-state index in [0.29, 0.717) is 13.1 Å². The number of carbonyl (C=O) groups is 2. The number of carboxylic acids is 1. The lowest BCUT2D eigenvalue weighted by Gasteiger charge is -2.39. The molecule has 0 aromatic carbocycles. The van der Waals surface area contributed by atoms with Gasteiger partial charge in [0.15, 0.2) is 0 Å². The van der Waals surface area contributed by atoms with E-state index in [1.165, 1.54) is 0 Å². The van der Waals surface area contributed by atoms with Gasteiger partial charge in [0.25, 0.3) is 0 Å². The van der Waals surface area contributed by atoms with Gasteiger partial charge in [-0.15, -0.1) is 0 Å². The van der Waals surface area contributed by atoms with Crippen LogP contribution in [0.15, 0.2) is 0 Å². The van der Waals surface area contributed by atoms with Crippen molar-refractivity contribution in [2.75, 3.05) is 19.6 Å². The summed E-state index contributed by atoms with van der Waals surface area (Å²) in [6.07, 6.45) is 4.59. The Morgan fingerprint density at radius 2 is 1.72 bits per heavy atom. The third kappa shape index (κ3) is 3.45. The molecule has 0 heterocycles. The number of rotatable bonds is 6. The van der Waals surface area contributed by atoms with E-state index in [1.807, 2.05) is 13.8 Å². The van der Waals surface area contributed by atoms with E-state index in [-0.39, 0.29) is 12.5 Å². The number of nitrogens with one attached hydrogen (secondary N) is 1. The van der Waals surface area contributed by atoms with Crippen molar-refractivity contribution in [3.05, 3.63) is 0 Å². The van der Waals surface area contributed by atoms with E-state index in [2.05, 4.69) is 5.32 Å². The van der Waals surface area contributed by atoms with Crippen molar-refractivity contribution < 1.29 is 14.7 Å². The standard InChI is InChI=1S/C13H24N2O3/c1-3-15(4-2)12(18)13(14-10-11(16)17)8-6-5-7-9-13/h14H,3-10H2,1-2H3,(H,16,17). The molecule has 1 saturated carbocycles. The molecular weight excluding hydrogens is 232 g/mol. The van der Waals surface area contributed by atoms with Crippen molar-refractivity contribution >= 4 is 11.9 Å². The van der Waals surface area contributed by atoms with Crippen LogP contribution in [0.25, 0.3) is 0 Å². The molecule has 0 radical (unpaired) electrons. The molecule has 1 rings (SSSR count). The first-order valence-electron chi connectivity index (χ1n) is 6.82. The van der Waals surface area contributed by atoms with Gasteiger partial charge >= 0.3 is 5.97 Å². The summed E-state index contributed by atoms with van der Waals surface area (Å²) in [4.78, 5) is 25.1. The third-order valence-electron chi connectivity index (χ3n) is 3.75. The van der Waals surface area contributed by atoms with Crippen LogP contribution in [0, 0.1) is 0 Å². The number of carboxylic acid groups (broad SMARTS) is 1. The Hall–Kier alpha value is -1.10. The first kappa shape index (κ1) is 15.0. The maximum absolute atomic E-state index is 12.6. The molecule has 1 fully saturated rings. The lowest BCUT2D eigenvalue weighted by atomic mass is 9.80. The Morgan fingerprint density at radius 1 is 1.17 bits per heavy atom. The average molecular weight is 256 g/mol. The summed E-state index contributed by atoms with van der Waals surface area (Å²) in [6, 6.07) is 0. The Balaban J connectivity index is 2.81. The fourth-order valence-electron chi connectivity index (χ4n) is 2.68. The Kier molecular flexibility index (Phi) is 5.59. The summed E-state index contributed by atoms with van der Waals surface area (Å²) in [5, 5.41) is 11.8. The smallest absolute Gasteiger partial charge is 0.317 e. The van der Waals surface area contributed by atoms with E-state index in [9.17, 15) is 9.59 Å². The lowest BCUT2D eigenvalue weighted by molar-refractivity contribution is -0.141. The van der Waals surface area contributed by atoms with Crippen LogP contribution < -0.4 is 5.32 Å². The molecule has 0 spiro atoms. The number of amides is 1. The third-order valence-corrected chi connectivity index (χ3v) is 3.75. The van der Waals surface area contributed by atoms with Crippen molar-refractivity contribution in [3.63, 3.8) is 0 Å². The molecule has 0 bridgehead atoms. The predicted molar refractivity (Wildman–Crippen MR) is 69.4 cm³/mol. The molecule has 0 aromatic heterocycles. The normalized spacial score (nSPS) is 18.3. The highest BCUT2D eigenvalue weighted by Crippen LogP contribution is 2.30.